The van der Waals surface area contributed by atoms with Crippen molar-refractivity contribution in [3.05, 3.63) is 58.1 Å². The SMILES string of the molecule is CNS(=O)(=O)c1ccc(Cl)c(C(=O)NC(C)c2cc(C)ccc2OC)c1. The van der Waals surface area contributed by atoms with Crippen molar-refractivity contribution in [1.29, 1.82) is 0 Å². The van der Waals surface area contributed by atoms with E-state index in [0.29, 0.717) is 5.75 Å². The van der Waals surface area contributed by atoms with Gasteiger partial charge in [-0.2, -0.15) is 0 Å². The van der Waals surface area contributed by atoms with Crippen LogP contribution in [0.2, 0.25) is 5.02 Å². The second-order valence-electron chi connectivity index (χ2n) is 5.79. The zero-order valence-corrected chi connectivity index (χ0v) is 16.5. The Morgan fingerprint density at radius 1 is 1.19 bits per heavy atom. The van der Waals surface area contributed by atoms with Gasteiger partial charge >= 0.3 is 0 Å². The summed E-state index contributed by atoms with van der Waals surface area (Å²) in [6.45, 7) is 3.76. The number of sulfonamides is 1. The molecule has 2 aromatic rings. The average molecular weight is 397 g/mol. The molecule has 0 radical (unpaired) electrons. The highest BCUT2D eigenvalue weighted by molar-refractivity contribution is 7.89. The topological polar surface area (TPSA) is 84.5 Å². The van der Waals surface area contributed by atoms with Crippen molar-refractivity contribution in [3.8, 4) is 5.75 Å². The highest BCUT2D eigenvalue weighted by atomic mass is 35.5. The van der Waals surface area contributed by atoms with Crippen molar-refractivity contribution < 1.29 is 17.9 Å². The smallest absolute Gasteiger partial charge is 0.253 e. The number of halogens is 1. The Hall–Kier alpha value is -2.09. The van der Waals surface area contributed by atoms with Crippen molar-refractivity contribution in [3.63, 3.8) is 0 Å². The maximum absolute atomic E-state index is 12.6. The molecule has 0 aliphatic carbocycles. The third-order valence-electron chi connectivity index (χ3n) is 3.96. The van der Waals surface area contributed by atoms with E-state index in [9.17, 15) is 13.2 Å². The molecule has 2 N–H and O–H groups in total. The Balaban J connectivity index is 2.33. The molecule has 0 aromatic heterocycles. The Morgan fingerprint density at radius 2 is 1.88 bits per heavy atom. The predicted molar refractivity (Wildman–Crippen MR) is 101 cm³/mol. The van der Waals surface area contributed by atoms with Crippen LogP contribution in [0.5, 0.6) is 5.75 Å². The molecule has 0 aliphatic rings. The summed E-state index contributed by atoms with van der Waals surface area (Å²) in [4.78, 5) is 12.6. The summed E-state index contributed by atoms with van der Waals surface area (Å²) in [6, 6.07) is 9.30. The maximum Gasteiger partial charge on any atom is 0.253 e. The number of nitrogens with one attached hydrogen (secondary N) is 2. The summed E-state index contributed by atoms with van der Waals surface area (Å²) < 4.78 is 31.5. The number of hydrogen-bond acceptors (Lipinski definition) is 4. The van der Waals surface area contributed by atoms with Crippen LogP contribution in [-0.4, -0.2) is 28.5 Å². The second kappa shape index (κ2) is 8.07. The monoisotopic (exact) mass is 396 g/mol. The molecule has 0 spiro atoms. The van der Waals surface area contributed by atoms with E-state index < -0.39 is 15.9 Å². The van der Waals surface area contributed by atoms with Crippen molar-refractivity contribution in [2.24, 2.45) is 0 Å². The van der Waals surface area contributed by atoms with Crippen LogP contribution in [-0.2, 0) is 10.0 Å². The number of carbonyl (C=O) groups excluding carboxylic acids is 1. The van der Waals surface area contributed by atoms with Crippen molar-refractivity contribution in [1.82, 2.24) is 10.0 Å². The van der Waals surface area contributed by atoms with Crippen molar-refractivity contribution in [2.45, 2.75) is 24.8 Å². The molecule has 1 amide bonds. The Labute approximate surface area is 158 Å². The molecular formula is C18H21ClN2O4S. The van der Waals surface area contributed by atoms with Crippen LogP contribution in [0.1, 0.15) is 34.5 Å². The van der Waals surface area contributed by atoms with Gasteiger partial charge in [0.15, 0.2) is 0 Å². The van der Waals surface area contributed by atoms with E-state index in [-0.39, 0.29) is 21.5 Å². The number of rotatable bonds is 6. The first-order chi connectivity index (χ1) is 12.2. The van der Waals surface area contributed by atoms with Crippen LogP contribution in [0.25, 0.3) is 0 Å². The van der Waals surface area contributed by atoms with E-state index in [1.807, 2.05) is 32.0 Å². The molecule has 26 heavy (non-hydrogen) atoms. The van der Waals surface area contributed by atoms with Gasteiger partial charge in [-0.05, 0) is 45.2 Å². The third kappa shape index (κ3) is 4.35. The van der Waals surface area contributed by atoms with Gasteiger partial charge < -0.3 is 10.1 Å². The second-order valence-corrected chi connectivity index (χ2v) is 8.08. The number of methoxy groups -OCH3 is 1. The van der Waals surface area contributed by atoms with Gasteiger partial charge in [0.25, 0.3) is 5.91 Å². The quantitative estimate of drug-likeness (QED) is 0.785. The zero-order chi connectivity index (χ0) is 19.5. The summed E-state index contributed by atoms with van der Waals surface area (Å²) in [5.41, 5.74) is 1.93. The molecule has 1 unspecified atom stereocenters. The Kier molecular flexibility index (Phi) is 6.28. The molecule has 0 aliphatic heterocycles. The third-order valence-corrected chi connectivity index (χ3v) is 5.70. The maximum atomic E-state index is 12.6. The van der Waals surface area contributed by atoms with Crippen molar-refractivity contribution in [2.75, 3.05) is 14.2 Å². The van der Waals surface area contributed by atoms with Crippen LogP contribution in [0.4, 0.5) is 0 Å². The molecule has 8 heteroatoms. The number of aryl methyl sites for hydroxylation is 1. The normalized spacial score (nSPS) is 12.5. The molecule has 6 nitrogen and oxygen atoms in total. The van der Waals surface area contributed by atoms with E-state index in [4.69, 9.17) is 16.3 Å². The standard InChI is InChI=1S/C18H21ClN2O4S/c1-11-5-8-17(25-4)14(9-11)12(2)21-18(22)15-10-13(6-7-16(15)19)26(23,24)20-3/h5-10,12,20H,1-4H3,(H,21,22). The van der Waals surface area contributed by atoms with Crippen molar-refractivity contribution >= 4 is 27.5 Å². The molecule has 140 valence electrons. The molecule has 0 bridgehead atoms. The molecule has 0 saturated heterocycles. The van der Waals surface area contributed by atoms with Gasteiger partial charge in [-0.25, -0.2) is 13.1 Å². The minimum Gasteiger partial charge on any atom is -0.496 e. The fraction of sp³-hybridized carbons (Fsp3) is 0.278. The fourth-order valence-electron chi connectivity index (χ4n) is 2.51. The van der Waals surface area contributed by atoms with Gasteiger partial charge in [0.2, 0.25) is 10.0 Å². The first-order valence-corrected chi connectivity index (χ1v) is 9.74. The summed E-state index contributed by atoms with van der Waals surface area (Å²) in [7, 11) is -0.814. The lowest BCUT2D eigenvalue weighted by atomic mass is 10.0. The van der Waals surface area contributed by atoms with E-state index in [1.54, 1.807) is 7.11 Å². The van der Waals surface area contributed by atoms with Crippen LogP contribution in [0.15, 0.2) is 41.3 Å². The summed E-state index contributed by atoms with van der Waals surface area (Å²) in [5, 5.41) is 3.00. The van der Waals surface area contributed by atoms with E-state index in [2.05, 4.69) is 10.0 Å². The van der Waals surface area contributed by atoms with E-state index in [1.165, 1.54) is 25.2 Å². The van der Waals surface area contributed by atoms with Gasteiger partial charge in [-0.1, -0.05) is 29.3 Å². The van der Waals surface area contributed by atoms with Crippen LogP contribution >= 0.6 is 11.6 Å². The molecule has 0 heterocycles. The largest absolute Gasteiger partial charge is 0.496 e. The minimum absolute atomic E-state index is 0.0321. The zero-order valence-electron chi connectivity index (χ0n) is 15.0. The summed E-state index contributed by atoms with van der Waals surface area (Å²) in [6.07, 6.45) is 0. The summed E-state index contributed by atoms with van der Waals surface area (Å²) in [5.74, 6) is 0.181. The highest BCUT2D eigenvalue weighted by Crippen LogP contribution is 2.27. The Bertz CT molecular complexity index is 929. The number of amides is 1. The summed E-state index contributed by atoms with van der Waals surface area (Å²) >= 11 is 6.10. The number of ether oxygens (including phenoxy) is 1. The van der Waals surface area contributed by atoms with Crippen LogP contribution in [0, 0.1) is 6.92 Å². The fourth-order valence-corrected chi connectivity index (χ4v) is 3.47. The highest BCUT2D eigenvalue weighted by Gasteiger charge is 2.20. The Morgan fingerprint density at radius 3 is 2.50 bits per heavy atom. The number of hydrogen-bond donors (Lipinski definition) is 2. The lowest BCUT2D eigenvalue weighted by Crippen LogP contribution is -2.28. The van der Waals surface area contributed by atoms with Gasteiger partial charge in [0, 0.05) is 5.56 Å². The van der Waals surface area contributed by atoms with E-state index in [0.717, 1.165) is 11.1 Å². The average Bonchev–Trinajstić information content (AvgIpc) is 2.61. The molecular weight excluding hydrogens is 376 g/mol. The molecule has 2 aromatic carbocycles. The van der Waals surface area contributed by atoms with E-state index >= 15 is 0 Å². The first-order valence-electron chi connectivity index (χ1n) is 7.88. The van der Waals surface area contributed by atoms with Crippen LogP contribution < -0.4 is 14.8 Å². The minimum atomic E-state index is -3.68. The van der Waals surface area contributed by atoms with Crippen LogP contribution in [0.3, 0.4) is 0 Å². The van der Waals surface area contributed by atoms with Gasteiger partial charge in [-0.15, -0.1) is 0 Å². The molecule has 1 atom stereocenters. The molecule has 0 saturated carbocycles. The molecule has 0 fully saturated rings. The number of benzene rings is 2. The molecule has 2 rings (SSSR count). The van der Waals surface area contributed by atoms with Gasteiger partial charge in [0.05, 0.1) is 28.6 Å². The predicted octanol–water partition coefficient (Wildman–Crippen LogP) is 3.06. The lowest BCUT2D eigenvalue weighted by Gasteiger charge is -2.18. The first kappa shape index (κ1) is 20.2. The lowest BCUT2D eigenvalue weighted by molar-refractivity contribution is 0.0939. The van der Waals surface area contributed by atoms with Gasteiger partial charge in [0.1, 0.15) is 5.75 Å². The number of carbonyl (C=O) groups is 1. The van der Waals surface area contributed by atoms with Gasteiger partial charge in [-0.3, -0.25) is 4.79 Å².